The fourth-order valence-electron chi connectivity index (χ4n) is 3.82. The molecule has 1 saturated carbocycles. The number of amides is 5. The van der Waals surface area contributed by atoms with E-state index >= 15 is 0 Å². The summed E-state index contributed by atoms with van der Waals surface area (Å²) >= 11 is 12.2. The Morgan fingerprint density at radius 1 is 1.31 bits per heavy atom. The molecule has 1 aliphatic carbocycles. The first-order valence-corrected chi connectivity index (χ1v) is 9.23. The Hall–Kier alpha value is -1.99. The molecule has 7 nitrogen and oxygen atoms in total. The minimum atomic E-state index is -1.05. The van der Waals surface area contributed by atoms with Gasteiger partial charge < -0.3 is 15.5 Å². The quantitative estimate of drug-likeness (QED) is 0.685. The van der Waals surface area contributed by atoms with Crippen molar-refractivity contribution in [2.45, 2.75) is 37.9 Å². The lowest BCUT2D eigenvalue weighted by molar-refractivity contribution is -0.124. The van der Waals surface area contributed by atoms with Crippen molar-refractivity contribution in [3.63, 3.8) is 0 Å². The lowest BCUT2D eigenvalue weighted by atomic mass is 9.93. The Morgan fingerprint density at radius 3 is 2.62 bits per heavy atom. The molecule has 138 valence electrons. The molecule has 2 aliphatic heterocycles. The first-order valence-electron chi connectivity index (χ1n) is 8.47. The van der Waals surface area contributed by atoms with Crippen molar-refractivity contribution in [3.8, 4) is 0 Å². The second kappa shape index (κ2) is 6.03. The summed E-state index contributed by atoms with van der Waals surface area (Å²) in [5.41, 5.74) is 0.860. The van der Waals surface area contributed by atoms with Gasteiger partial charge in [0.15, 0.2) is 0 Å². The zero-order valence-electron chi connectivity index (χ0n) is 14.1. The third kappa shape index (κ3) is 2.70. The molecule has 26 heavy (non-hydrogen) atoms. The highest BCUT2D eigenvalue weighted by molar-refractivity contribution is 6.42. The molecule has 9 heteroatoms. The lowest BCUT2D eigenvalue weighted by Gasteiger charge is -2.29. The minimum absolute atomic E-state index is 0.0556. The van der Waals surface area contributed by atoms with Crippen molar-refractivity contribution < 1.29 is 14.4 Å². The Balaban J connectivity index is 1.47. The van der Waals surface area contributed by atoms with Crippen LogP contribution in [0.15, 0.2) is 12.1 Å². The molecule has 1 saturated heterocycles. The number of nitrogens with zero attached hydrogens (tertiary/aromatic N) is 1. The molecule has 5 amide bonds. The first kappa shape index (κ1) is 17.4. The van der Waals surface area contributed by atoms with Gasteiger partial charge >= 0.3 is 12.1 Å². The molecular formula is C17H18Cl2N4O3. The Labute approximate surface area is 160 Å². The van der Waals surface area contributed by atoms with Crippen molar-refractivity contribution in [1.82, 2.24) is 20.9 Å². The Kier molecular flexibility index (Phi) is 4.04. The standard InChI is InChI=1S/C17H18Cl2N4O3/c1-8-11-5-13(19)12(18)4-9(11)6-23(8)16(26)20-7-17(10-2-3-10)14(24)21-15(25)22-17/h4-5,8,10H,2-3,6-7H2,1H3,(H,20,26)(H2,21,22,24,25)/t8-,17-/m0/s1. The predicted molar refractivity (Wildman–Crippen MR) is 95.9 cm³/mol. The summed E-state index contributed by atoms with van der Waals surface area (Å²) in [7, 11) is 0. The van der Waals surface area contributed by atoms with E-state index in [9.17, 15) is 14.4 Å². The van der Waals surface area contributed by atoms with Gasteiger partial charge in [-0.1, -0.05) is 23.2 Å². The zero-order valence-corrected chi connectivity index (χ0v) is 15.6. The maximum atomic E-state index is 12.7. The van der Waals surface area contributed by atoms with Gasteiger partial charge in [0, 0.05) is 6.54 Å². The van der Waals surface area contributed by atoms with Crippen LogP contribution in [0.4, 0.5) is 9.59 Å². The van der Waals surface area contributed by atoms with E-state index in [0.29, 0.717) is 16.6 Å². The number of carbonyl (C=O) groups excluding carboxylic acids is 3. The fraction of sp³-hybridized carbons (Fsp3) is 0.471. The molecule has 0 spiro atoms. The third-order valence-corrected chi connectivity index (χ3v) is 6.18. The second-order valence-electron chi connectivity index (χ2n) is 7.08. The van der Waals surface area contributed by atoms with E-state index in [-0.39, 0.29) is 30.4 Å². The molecule has 0 bridgehead atoms. The first-order chi connectivity index (χ1) is 12.3. The molecule has 0 unspecified atom stereocenters. The fourth-order valence-corrected chi connectivity index (χ4v) is 4.18. The number of carbonyl (C=O) groups is 3. The number of hydrogen-bond donors (Lipinski definition) is 3. The van der Waals surface area contributed by atoms with E-state index in [1.165, 1.54) is 0 Å². The van der Waals surface area contributed by atoms with E-state index in [2.05, 4.69) is 16.0 Å². The molecule has 2 atom stereocenters. The van der Waals surface area contributed by atoms with Gasteiger partial charge in [0.1, 0.15) is 5.54 Å². The number of benzene rings is 1. The maximum Gasteiger partial charge on any atom is 0.322 e. The van der Waals surface area contributed by atoms with Crippen LogP contribution in [0, 0.1) is 5.92 Å². The summed E-state index contributed by atoms with van der Waals surface area (Å²) in [6.45, 7) is 2.39. The van der Waals surface area contributed by atoms with Crippen LogP contribution in [-0.2, 0) is 11.3 Å². The largest absolute Gasteiger partial charge is 0.335 e. The van der Waals surface area contributed by atoms with Crippen LogP contribution in [0.25, 0.3) is 0 Å². The number of nitrogens with one attached hydrogen (secondary N) is 3. The molecule has 4 rings (SSSR count). The van der Waals surface area contributed by atoms with Crippen LogP contribution in [0.3, 0.4) is 0 Å². The topological polar surface area (TPSA) is 90.5 Å². The molecule has 2 heterocycles. The third-order valence-electron chi connectivity index (χ3n) is 5.46. The highest BCUT2D eigenvalue weighted by Gasteiger charge is 2.56. The van der Waals surface area contributed by atoms with E-state index < -0.39 is 11.6 Å². The van der Waals surface area contributed by atoms with E-state index in [1.807, 2.05) is 6.92 Å². The van der Waals surface area contributed by atoms with Gasteiger partial charge in [-0.15, -0.1) is 0 Å². The van der Waals surface area contributed by atoms with Crippen LogP contribution < -0.4 is 16.0 Å². The molecule has 0 radical (unpaired) electrons. The van der Waals surface area contributed by atoms with Gasteiger partial charge in [-0.2, -0.15) is 0 Å². The van der Waals surface area contributed by atoms with Crippen molar-refractivity contribution in [3.05, 3.63) is 33.3 Å². The van der Waals surface area contributed by atoms with E-state index in [1.54, 1.807) is 17.0 Å². The second-order valence-corrected chi connectivity index (χ2v) is 7.90. The molecule has 1 aromatic carbocycles. The van der Waals surface area contributed by atoms with Crippen molar-refractivity contribution >= 4 is 41.2 Å². The molecule has 3 N–H and O–H groups in total. The number of imide groups is 1. The summed E-state index contributed by atoms with van der Waals surface area (Å²) in [4.78, 5) is 38.2. The van der Waals surface area contributed by atoms with Crippen LogP contribution in [0.5, 0.6) is 0 Å². The SMILES string of the molecule is C[C@H]1c2cc(Cl)c(Cl)cc2CN1C(=O)NC[C@@]1(C2CC2)NC(=O)NC1=O. The van der Waals surface area contributed by atoms with Gasteiger partial charge in [0.25, 0.3) is 5.91 Å². The van der Waals surface area contributed by atoms with E-state index in [0.717, 1.165) is 24.0 Å². The number of halogens is 2. The van der Waals surface area contributed by atoms with Gasteiger partial charge in [-0.3, -0.25) is 10.1 Å². The molecule has 2 fully saturated rings. The lowest BCUT2D eigenvalue weighted by Crippen LogP contribution is -2.58. The molecule has 3 aliphatic rings. The normalized spacial score (nSPS) is 27.2. The summed E-state index contributed by atoms with van der Waals surface area (Å²) in [5, 5.41) is 8.71. The summed E-state index contributed by atoms with van der Waals surface area (Å²) in [6.07, 6.45) is 1.71. The van der Waals surface area contributed by atoms with Crippen LogP contribution in [0.2, 0.25) is 10.0 Å². The number of hydrogen-bond acceptors (Lipinski definition) is 3. The highest BCUT2D eigenvalue weighted by Crippen LogP contribution is 2.41. The minimum Gasteiger partial charge on any atom is -0.335 e. The zero-order chi connectivity index (χ0) is 18.6. The van der Waals surface area contributed by atoms with Crippen LogP contribution in [-0.4, -0.2) is 35.0 Å². The summed E-state index contributed by atoms with van der Waals surface area (Å²) < 4.78 is 0. The maximum absolute atomic E-state index is 12.7. The van der Waals surface area contributed by atoms with Crippen molar-refractivity contribution in [2.75, 3.05) is 6.54 Å². The van der Waals surface area contributed by atoms with Gasteiger partial charge in [0.2, 0.25) is 0 Å². The summed E-state index contributed by atoms with van der Waals surface area (Å²) in [5.74, 6) is -0.318. The van der Waals surface area contributed by atoms with Gasteiger partial charge in [-0.05, 0) is 48.9 Å². The molecular weight excluding hydrogens is 379 g/mol. The van der Waals surface area contributed by atoms with Gasteiger partial charge in [0.05, 0.1) is 22.6 Å². The van der Waals surface area contributed by atoms with Crippen LogP contribution in [0.1, 0.15) is 36.9 Å². The van der Waals surface area contributed by atoms with Crippen molar-refractivity contribution in [2.24, 2.45) is 5.92 Å². The number of fused-ring (bicyclic) bond motifs is 1. The number of urea groups is 2. The Morgan fingerprint density at radius 2 is 2.00 bits per heavy atom. The predicted octanol–water partition coefficient (Wildman–Crippen LogP) is 2.57. The van der Waals surface area contributed by atoms with Crippen LogP contribution >= 0.6 is 23.2 Å². The monoisotopic (exact) mass is 396 g/mol. The Bertz CT molecular complexity index is 826. The summed E-state index contributed by atoms with van der Waals surface area (Å²) in [6, 6.07) is 2.59. The molecule has 0 aromatic heterocycles. The van der Waals surface area contributed by atoms with Gasteiger partial charge in [-0.25, -0.2) is 9.59 Å². The van der Waals surface area contributed by atoms with E-state index in [4.69, 9.17) is 23.2 Å². The smallest absolute Gasteiger partial charge is 0.322 e. The average molecular weight is 397 g/mol. The van der Waals surface area contributed by atoms with Crippen molar-refractivity contribution in [1.29, 1.82) is 0 Å². The average Bonchev–Trinajstić information content (AvgIpc) is 3.33. The molecule has 1 aromatic rings. The number of rotatable bonds is 3. The highest BCUT2D eigenvalue weighted by atomic mass is 35.5.